The van der Waals surface area contributed by atoms with Crippen molar-refractivity contribution in [3.05, 3.63) is 28.3 Å². The Kier molecular flexibility index (Phi) is 4.79. The third kappa shape index (κ3) is 3.39. The minimum atomic E-state index is -0.422. The summed E-state index contributed by atoms with van der Waals surface area (Å²) in [6, 6.07) is 4.96. The topological polar surface area (TPSA) is 75.8 Å². The minimum absolute atomic E-state index is 0.000700. The third-order valence-corrected chi connectivity index (χ3v) is 3.43. The summed E-state index contributed by atoms with van der Waals surface area (Å²) in [5, 5.41) is 20.5. The second-order valence-corrected chi connectivity index (χ2v) is 4.98. The summed E-state index contributed by atoms with van der Waals surface area (Å²) >= 11 is 0. The molecule has 0 bridgehead atoms. The number of piperidine rings is 1. The van der Waals surface area contributed by atoms with Crippen LogP contribution in [0, 0.1) is 10.1 Å². The molecule has 0 unspecified atom stereocenters. The zero-order valence-electron chi connectivity index (χ0n) is 11.6. The highest BCUT2D eigenvalue weighted by Gasteiger charge is 2.21. The van der Waals surface area contributed by atoms with Crippen LogP contribution >= 0.6 is 0 Å². The molecule has 0 aromatic heterocycles. The first-order chi connectivity index (χ1) is 9.61. The Morgan fingerprint density at radius 2 is 2.15 bits per heavy atom. The van der Waals surface area contributed by atoms with Gasteiger partial charge in [-0.3, -0.25) is 10.1 Å². The third-order valence-electron chi connectivity index (χ3n) is 3.43. The first-order valence-electron chi connectivity index (χ1n) is 6.96. The normalized spacial score (nSPS) is 16.2. The summed E-state index contributed by atoms with van der Waals surface area (Å²) in [5.41, 5.74) is 0.910. The van der Waals surface area contributed by atoms with E-state index in [1.165, 1.54) is 6.07 Å². The number of aliphatic hydroxyl groups excluding tert-OH is 1. The van der Waals surface area contributed by atoms with Crippen LogP contribution in [0.5, 0.6) is 5.75 Å². The van der Waals surface area contributed by atoms with E-state index in [0.717, 1.165) is 38.0 Å². The van der Waals surface area contributed by atoms with Gasteiger partial charge in [-0.25, -0.2) is 0 Å². The predicted molar refractivity (Wildman–Crippen MR) is 76.3 cm³/mol. The van der Waals surface area contributed by atoms with Gasteiger partial charge in [0.2, 0.25) is 0 Å². The Bertz CT molecular complexity index is 470. The number of rotatable bonds is 5. The number of ether oxygens (including phenoxy) is 1. The fourth-order valence-electron chi connectivity index (χ4n) is 2.30. The molecule has 0 atom stereocenters. The lowest BCUT2D eigenvalue weighted by Gasteiger charge is -2.31. The van der Waals surface area contributed by atoms with Crippen LogP contribution in [0.2, 0.25) is 0 Å². The van der Waals surface area contributed by atoms with Gasteiger partial charge in [-0.1, -0.05) is 6.92 Å². The number of aliphatic hydroxyl groups is 1. The van der Waals surface area contributed by atoms with E-state index in [-0.39, 0.29) is 11.8 Å². The van der Waals surface area contributed by atoms with Crippen LogP contribution in [0.3, 0.4) is 0 Å². The molecule has 0 saturated carbocycles. The van der Waals surface area contributed by atoms with E-state index in [2.05, 4.69) is 4.90 Å². The molecular formula is C14H20N2O4. The number of hydrogen-bond donors (Lipinski definition) is 1. The van der Waals surface area contributed by atoms with Crippen LogP contribution in [0.4, 0.5) is 11.4 Å². The van der Waals surface area contributed by atoms with Crippen LogP contribution < -0.4 is 9.64 Å². The maximum absolute atomic E-state index is 11.0. The lowest BCUT2D eigenvalue weighted by Crippen LogP contribution is -2.35. The van der Waals surface area contributed by atoms with Gasteiger partial charge in [0.25, 0.3) is 0 Å². The summed E-state index contributed by atoms with van der Waals surface area (Å²) in [6.45, 7) is 3.93. The second kappa shape index (κ2) is 6.56. The standard InChI is InChI=1S/C14H20N2O4/c1-2-9-20-14-10-11(3-4-13(14)16(18)19)15-7-5-12(17)6-8-15/h3-4,10,12,17H,2,5-9H2,1H3. The largest absolute Gasteiger partial charge is 0.487 e. The molecule has 110 valence electrons. The van der Waals surface area contributed by atoms with E-state index in [4.69, 9.17) is 4.74 Å². The second-order valence-electron chi connectivity index (χ2n) is 4.98. The highest BCUT2D eigenvalue weighted by molar-refractivity contribution is 5.59. The number of anilines is 1. The molecule has 0 aliphatic carbocycles. The molecule has 1 aromatic rings. The number of nitro benzene ring substituents is 1. The Balaban J connectivity index is 2.20. The van der Waals surface area contributed by atoms with Crippen molar-refractivity contribution in [3.63, 3.8) is 0 Å². The van der Waals surface area contributed by atoms with Crippen molar-refractivity contribution in [1.29, 1.82) is 0 Å². The number of benzene rings is 1. The van der Waals surface area contributed by atoms with Crippen molar-refractivity contribution in [2.45, 2.75) is 32.3 Å². The number of hydrogen-bond acceptors (Lipinski definition) is 5. The molecule has 20 heavy (non-hydrogen) atoms. The lowest BCUT2D eigenvalue weighted by molar-refractivity contribution is -0.385. The Hall–Kier alpha value is -1.82. The van der Waals surface area contributed by atoms with Gasteiger partial charge in [-0.15, -0.1) is 0 Å². The van der Waals surface area contributed by atoms with Gasteiger partial charge >= 0.3 is 5.69 Å². The van der Waals surface area contributed by atoms with Crippen molar-refractivity contribution in [2.24, 2.45) is 0 Å². The molecule has 1 saturated heterocycles. The average molecular weight is 280 g/mol. The fourth-order valence-corrected chi connectivity index (χ4v) is 2.30. The predicted octanol–water partition coefficient (Wildman–Crippen LogP) is 2.34. The maximum Gasteiger partial charge on any atom is 0.311 e. The van der Waals surface area contributed by atoms with Gasteiger partial charge in [0.05, 0.1) is 17.6 Å². The molecule has 2 rings (SSSR count). The Morgan fingerprint density at radius 3 is 2.75 bits per heavy atom. The molecule has 0 radical (unpaired) electrons. The van der Waals surface area contributed by atoms with Crippen LogP contribution in [0.15, 0.2) is 18.2 Å². The minimum Gasteiger partial charge on any atom is -0.487 e. The SMILES string of the molecule is CCCOc1cc(N2CCC(O)CC2)ccc1[N+](=O)[O-]. The van der Waals surface area contributed by atoms with Crippen molar-refractivity contribution < 1.29 is 14.8 Å². The first kappa shape index (κ1) is 14.6. The number of nitro groups is 1. The Morgan fingerprint density at radius 1 is 1.45 bits per heavy atom. The van der Waals surface area contributed by atoms with E-state index in [1.807, 2.05) is 6.92 Å². The van der Waals surface area contributed by atoms with E-state index in [1.54, 1.807) is 12.1 Å². The van der Waals surface area contributed by atoms with E-state index >= 15 is 0 Å². The molecule has 6 nitrogen and oxygen atoms in total. The van der Waals surface area contributed by atoms with Crippen molar-refractivity contribution in [2.75, 3.05) is 24.6 Å². The van der Waals surface area contributed by atoms with Gasteiger partial charge in [-0.2, -0.15) is 0 Å². The lowest BCUT2D eigenvalue weighted by atomic mass is 10.1. The molecule has 1 heterocycles. The van der Waals surface area contributed by atoms with E-state index < -0.39 is 4.92 Å². The molecule has 0 spiro atoms. The summed E-state index contributed by atoms with van der Waals surface area (Å²) < 4.78 is 5.48. The average Bonchev–Trinajstić information content (AvgIpc) is 2.45. The molecule has 1 fully saturated rings. The first-order valence-corrected chi connectivity index (χ1v) is 6.96. The molecule has 6 heteroatoms. The fraction of sp³-hybridized carbons (Fsp3) is 0.571. The smallest absolute Gasteiger partial charge is 0.311 e. The van der Waals surface area contributed by atoms with Crippen molar-refractivity contribution in [1.82, 2.24) is 0 Å². The highest BCUT2D eigenvalue weighted by Crippen LogP contribution is 2.32. The quantitative estimate of drug-likeness (QED) is 0.662. The monoisotopic (exact) mass is 280 g/mol. The summed E-state index contributed by atoms with van der Waals surface area (Å²) in [5.74, 6) is 0.320. The zero-order chi connectivity index (χ0) is 14.5. The molecular weight excluding hydrogens is 260 g/mol. The summed E-state index contributed by atoms with van der Waals surface area (Å²) in [7, 11) is 0. The number of nitrogens with zero attached hydrogens (tertiary/aromatic N) is 2. The highest BCUT2D eigenvalue weighted by atomic mass is 16.6. The Labute approximate surface area is 118 Å². The van der Waals surface area contributed by atoms with Gasteiger partial charge < -0.3 is 14.7 Å². The molecule has 1 aliphatic heterocycles. The van der Waals surface area contributed by atoms with Crippen LogP contribution in [-0.4, -0.2) is 35.8 Å². The molecule has 1 aromatic carbocycles. The summed E-state index contributed by atoms with van der Waals surface area (Å²) in [4.78, 5) is 12.7. The van der Waals surface area contributed by atoms with Gasteiger partial charge in [0, 0.05) is 30.9 Å². The van der Waals surface area contributed by atoms with Gasteiger partial charge in [0.15, 0.2) is 5.75 Å². The van der Waals surface area contributed by atoms with Gasteiger partial charge in [-0.05, 0) is 25.3 Å². The maximum atomic E-state index is 11.0. The zero-order valence-corrected chi connectivity index (χ0v) is 11.6. The van der Waals surface area contributed by atoms with E-state index in [0.29, 0.717) is 12.4 Å². The molecule has 0 amide bonds. The molecule has 1 aliphatic rings. The van der Waals surface area contributed by atoms with Gasteiger partial charge in [0.1, 0.15) is 0 Å². The van der Waals surface area contributed by atoms with Crippen molar-refractivity contribution >= 4 is 11.4 Å². The van der Waals surface area contributed by atoms with E-state index in [9.17, 15) is 15.2 Å². The van der Waals surface area contributed by atoms with Crippen LogP contribution in [-0.2, 0) is 0 Å². The van der Waals surface area contributed by atoms with Crippen LogP contribution in [0.25, 0.3) is 0 Å². The molecule has 1 N–H and O–H groups in total. The van der Waals surface area contributed by atoms with Crippen LogP contribution in [0.1, 0.15) is 26.2 Å². The summed E-state index contributed by atoms with van der Waals surface area (Å²) in [6.07, 6.45) is 2.02. The van der Waals surface area contributed by atoms with Crippen molar-refractivity contribution in [3.8, 4) is 5.75 Å².